The molecule has 0 spiro atoms. The van der Waals surface area contributed by atoms with Gasteiger partial charge in [0.1, 0.15) is 12.6 Å². The summed E-state index contributed by atoms with van der Waals surface area (Å²) in [6, 6.07) is -0.246. The molecule has 3 rings (SSSR count). The van der Waals surface area contributed by atoms with Crippen LogP contribution in [0.15, 0.2) is 4.47 Å². The molecule has 7 heteroatoms. The van der Waals surface area contributed by atoms with Crippen LogP contribution in [0.3, 0.4) is 0 Å². The van der Waals surface area contributed by atoms with E-state index < -0.39 is 0 Å². The van der Waals surface area contributed by atoms with Crippen molar-refractivity contribution in [2.45, 2.75) is 38.8 Å². The molecule has 1 unspecified atom stereocenters. The summed E-state index contributed by atoms with van der Waals surface area (Å²) in [4.78, 5) is 28.1. The molecule has 2 amide bonds. The number of rotatable bonds is 3. The van der Waals surface area contributed by atoms with Gasteiger partial charge in [-0.3, -0.25) is 14.3 Å². The zero-order valence-corrected chi connectivity index (χ0v) is 13.9. The molecule has 6 nitrogen and oxygen atoms in total. The van der Waals surface area contributed by atoms with E-state index in [2.05, 4.69) is 21.0 Å². The van der Waals surface area contributed by atoms with Gasteiger partial charge in [-0.2, -0.15) is 5.10 Å². The first-order valence-corrected chi connectivity index (χ1v) is 8.10. The normalized spacial score (nSPS) is 22.1. The fraction of sp³-hybridized carbons (Fsp3) is 0.643. The van der Waals surface area contributed by atoms with Crippen molar-refractivity contribution in [3.8, 4) is 0 Å². The maximum atomic E-state index is 12.5. The van der Waals surface area contributed by atoms with E-state index in [9.17, 15) is 9.59 Å². The quantitative estimate of drug-likeness (QED) is 0.815. The largest absolute Gasteiger partial charge is 0.329 e. The third-order valence-corrected chi connectivity index (χ3v) is 5.25. The van der Waals surface area contributed by atoms with Crippen LogP contribution in [0.25, 0.3) is 0 Å². The number of carbonyl (C=O) groups is 2. The maximum absolute atomic E-state index is 12.5. The van der Waals surface area contributed by atoms with Gasteiger partial charge in [0.2, 0.25) is 11.8 Å². The number of nitrogens with zero attached hydrogens (tertiary/aromatic N) is 4. The molecule has 21 heavy (non-hydrogen) atoms. The van der Waals surface area contributed by atoms with E-state index in [-0.39, 0.29) is 24.4 Å². The van der Waals surface area contributed by atoms with Gasteiger partial charge in [0.05, 0.1) is 22.4 Å². The highest BCUT2D eigenvalue weighted by Gasteiger charge is 2.42. The molecule has 1 atom stereocenters. The minimum Gasteiger partial charge on any atom is -0.329 e. The lowest BCUT2D eigenvalue weighted by atomic mass is 10.1. The molecule has 0 bridgehead atoms. The van der Waals surface area contributed by atoms with E-state index in [1.54, 1.807) is 14.5 Å². The van der Waals surface area contributed by atoms with E-state index >= 15 is 0 Å². The Labute approximate surface area is 132 Å². The highest BCUT2D eigenvalue weighted by molar-refractivity contribution is 9.10. The Morgan fingerprint density at radius 1 is 1.38 bits per heavy atom. The van der Waals surface area contributed by atoms with Crippen molar-refractivity contribution in [3.05, 3.63) is 15.9 Å². The van der Waals surface area contributed by atoms with Crippen LogP contribution in [-0.2, 0) is 29.6 Å². The molecule has 0 N–H and O–H groups in total. The van der Waals surface area contributed by atoms with E-state index in [0.717, 1.165) is 41.7 Å². The molecule has 0 saturated carbocycles. The molecule has 2 aliphatic rings. The number of hydrogen-bond acceptors (Lipinski definition) is 3. The number of aryl methyl sites for hydroxylation is 2. The number of piperazine rings is 1. The lowest BCUT2D eigenvalue weighted by molar-refractivity contribution is -0.154. The van der Waals surface area contributed by atoms with E-state index in [1.165, 1.54) is 0 Å². The minimum absolute atomic E-state index is 0.0612. The molecule has 114 valence electrons. The topological polar surface area (TPSA) is 58.4 Å². The smallest absolute Gasteiger partial charge is 0.246 e. The van der Waals surface area contributed by atoms with Crippen molar-refractivity contribution >= 4 is 27.7 Å². The minimum atomic E-state index is -0.246. The number of halogens is 1. The lowest BCUT2D eigenvalue weighted by Gasteiger charge is -2.36. The van der Waals surface area contributed by atoms with Crippen molar-refractivity contribution < 1.29 is 9.59 Å². The Balaban J connectivity index is 1.83. The molecule has 0 aliphatic carbocycles. The summed E-state index contributed by atoms with van der Waals surface area (Å²) < 4.78 is 2.74. The standard InChI is InChI=1S/C14H19BrN4O2/c1-3-9-13(15)11(17(2)16-9)7-18-8-12(20)19-6-4-5-10(19)14(18)21/h10H,3-8H2,1-2H3. The Bertz CT molecular complexity index is 598. The molecule has 2 aliphatic heterocycles. The third kappa shape index (κ3) is 2.37. The SMILES string of the molecule is CCc1nn(C)c(CN2CC(=O)N3CCCC3C2=O)c1Br. The van der Waals surface area contributed by atoms with Gasteiger partial charge in [-0.1, -0.05) is 6.92 Å². The van der Waals surface area contributed by atoms with E-state index in [0.29, 0.717) is 6.54 Å². The van der Waals surface area contributed by atoms with Crippen molar-refractivity contribution in [2.24, 2.45) is 7.05 Å². The average molecular weight is 355 g/mol. The van der Waals surface area contributed by atoms with Crippen LogP contribution in [0.4, 0.5) is 0 Å². The molecule has 3 heterocycles. The van der Waals surface area contributed by atoms with Gasteiger partial charge >= 0.3 is 0 Å². The predicted molar refractivity (Wildman–Crippen MR) is 80.4 cm³/mol. The van der Waals surface area contributed by atoms with Gasteiger partial charge in [-0.15, -0.1) is 0 Å². The lowest BCUT2D eigenvalue weighted by Crippen LogP contribution is -2.57. The van der Waals surface area contributed by atoms with Crippen LogP contribution in [0, 0.1) is 0 Å². The molecule has 1 aromatic rings. The average Bonchev–Trinajstić information content (AvgIpc) is 3.04. The molecule has 2 saturated heterocycles. The van der Waals surface area contributed by atoms with Crippen LogP contribution < -0.4 is 0 Å². The summed E-state index contributed by atoms with van der Waals surface area (Å²) in [6.07, 6.45) is 2.54. The summed E-state index contributed by atoms with van der Waals surface area (Å²) in [5.74, 6) is 0.129. The first-order chi connectivity index (χ1) is 10.0. The molecule has 0 radical (unpaired) electrons. The Morgan fingerprint density at radius 2 is 2.14 bits per heavy atom. The highest BCUT2D eigenvalue weighted by atomic mass is 79.9. The number of amides is 2. The van der Waals surface area contributed by atoms with Crippen molar-refractivity contribution in [1.82, 2.24) is 19.6 Å². The van der Waals surface area contributed by atoms with E-state index in [1.807, 2.05) is 14.0 Å². The van der Waals surface area contributed by atoms with Crippen LogP contribution >= 0.6 is 15.9 Å². The molecule has 2 fully saturated rings. The number of hydrogen-bond donors (Lipinski definition) is 0. The van der Waals surface area contributed by atoms with Crippen molar-refractivity contribution in [3.63, 3.8) is 0 Å². The Kier molecular flexibility index (Phi) is 3.77. The first-order valence-electron chi connectivity index (χ1n) is 7.31. The van der Waals surface area contributed by atoms with Crippen LogP contribution in [-0.4, -0.2) is 50.5 Å². The van der Waals surface area contributed by atoms with E-state index in [4.69, 9.17) is 0 Å². The summed E-state index contributed by atoms with van der Waals surface area (Å²) in [6.45, 7) is 3.37. The fourth-order valence-corrected chi connectivity index (χ4v) is 3.91. The van der Waals surface area contributed by atoms with Crippen LogP contribution in [0.2, 0.25) is 0 Å². The summed E-state index contributed by atoms with van der Waals surface area (Å²) >= 11 is 3.56. The van der Waals surface area contributed by atoms with Crippen molar-refractivity contribution in [1.29, 1.82) is 0 Å². The summed E-state index contributed by atoms with van der Waals surface area (Å²) in [7, 11) is 1.87. The number of fused-ring (bicyclic) bond motifs is 1. The van der Waals surface area contributed by atoms with Crippen LogP contribution in [0.5, 0.6) is 0 Å². The highest BCUT2D eigenvalue weighted by Crippen LogP contribution is 2.27. The van der Waals surface area contributed by atoms with Gasteiger partial charge in [0.15, 0.2) is 0 Å². The van der Waals surface area contributed by atoms with Crippen LogP contribution in [0.1, 0.15) is 31.2 Å². The molecule has 1 aromatic heterocycles. The monoisotopic (exact) mass is 354 g/mol. The third-order valence-electron chi connectivity index (χ3n) is 4.34. The molecular weight excluding hydrogens is 336 g/mol. The van der Waals surface area contributed by atoms with Gasteiger partial charge in [0.25, 0.3) is 0 Å². The zero-order chi connectivity index (χ0) is 15.1. The van der Waals surface area contributed by atoms with Gasteiger partial charge < -0.3 is 9.80 Å². The summed E-state index contributed by atoms with van der Waals surface area (Å²) in [5.41, 5.74) is 1.92. The molecular formula is C14H19BrN4O2. The number of carbonyl (C=O) groups excluding carboxylic acids is 2. The van der Waals surface area contributed by atoms with Gasteiger partial charge in [-0.05, 0) is 35.2 Å². The summed E-state index contributed by atoms with van der Waals surface area (Å²) in [5, 5.41) is 4.44. The number of aromatic nitrogens is 2. The zero-order valence-electron chi connectivity index (χ0n) is 12.3. The fourth-order valence-electron chi connectivity index (χ4n) is 3.17. The second-order valence-corrected chi connectivity index (χ2v) is 6.42. The van der Waals surface area contributed by atoms with Gasteiger partial charge in [0, 0.05) is 13.6 Å². The Hall–Kier alpha value is -1.37. The molecule has 0 aromatic carbocycles. The second-order valence-electron chi connectivity index (χ2n) is 5.62. The first kappa shape index (κ1) is 14.6. The maximum Gasteiger partial charge on any atom is 0.246 e. The van der Waals surface area contributed by atoms with Gasteiger partial charge in [-0.25, -0.2) is 0 Å². The predicted octanol–water partition coefficient (Wildman–Crippen LogP) is 1.08. The van der Waals surface area contributed by atoms with Crippen molar-refractivity contribution in [2.75, 3.05) is 13.1 Å². The second kappa shape index (κ2) is 5.44. The Morgan fingerprint density at radius 3 is 2.81 bits per heavy atom.